The van der Waals surface area contributed by atoms with E-state index in [0.29, 0.717) is 12.1 Å². The Morgan fingerprint density at radius 3 is 2.89 bits per heavy atom. The zero-order valence-corrected chi connectivity index (χ0v) is 11.7. The van der Waals surface area contributed by atoms with Crippen LogP contribution in [0.4, 0.5) is 5.69 Å². The van der Waals surface area contributed by atoms with E-state index < -0.39 is 0 Å². The first-order valence-electron chi connectivity index (χ1n) is 7.05. The molecule has 19 heavy (non-hydrogen) atoms. The molecule has 2 atom stereocenters. The zero-order chi connectivity index (χ0) is 13.2. The highest BCUT2D eigenvalue weighted by Crippen LogP contribution is 2.37. The first-order valence-corrected chi connectivity index (χ1v) is 7.05. The fourth-order valence-electron chi connectivity index (χ4n) is 3.41. The second-order valence-electron chi connectivity index (χ2n) is 5.29. The predicted molar refractivity (Wildman–Crippen MR) is 76.3 cm³/mol. The third kappa shape index (κ3) is 2.25. The summed E-state index contributed by atoms with van der Waals surface area (Å²) in [6.45, 7) is 2.10. The lowest BCUT2D eigenvalue weighted by Gasteiger charge is -2.40. The molecule has 2 fully saturated rings. The number of nitrogens with zero attached hydrogens (tertiary/aromatic N) is 1. The van der Waals surface area contributed by atoms with Gasteiger partial charge in [0.2, 0.25) is 0 Å². The fourth-order valence-corrected chi connectivity index (χ4v) is 3.41. The summed E-state index contributed by atoms with van der Waals surface area (Å²) < 4.78 is 10.8. The summed E-state index contributed by atoms with van der Waals surface area (Å²) in [5.74, 6) is 1.76. The largest absolute Gasteiger partial charge is 0.497 e. The monoisotopic (exact) mass is 262 g/mol. The molecular formula is C15H22N2O2. The van der Waals surface area contributed by atoms with Crippen molar-refractivity contribution in [1.29, 1.82) is 0 Å². The quantitative estimate of drug-likeness (QED) is 0.904. The van der Waals surface area contributed by atoms with Gasteiger partial charge in [-0.1, -0.05) is 0 Å². The Balaban J connectivity index is 1.92. The van der Waals surface area contributed by atoms with E-state index in [1.165, 1.54) is 24.9 Å². The van der Waals surface area contributed by atoms with Crippen molar-refractivity contribution in [2.45, 2.75) is 31.3 Å². The van der Waals surface area contributed by atoms with E-state index in [9.17, 15) is 0 Å². The molecule has 1 aromatic rings. The lowest BCUT2D eigenvalue weighted by atomic mass is 10.1. The number of nitrogens with one attached hydrogen (secondary N) is 1. The van der Waals surface area contributed by atoms with Gasteiger partial charge in [0.15, 0.2) is 0 Å². The minimum atomic E-state index is 0.607. The molecule has 0 aromatic heterocycles. The average Bonchev–Trinajstić information content (AvgIpc) is 2.95. The molecule has 4 nitrogen and oxygen atoms in total. The van der Waals surface area contributed by atoms with Crippen LogP contribution in [0.25, 0.3) is 0 Å². The van der Waals surface area contributed by atoms with Crippen molar-refractivity contribution < 1.29 is 9.47 Å². The third-order valence-corrected chi connectivity index (χ3v) is 4.34. The second kappa shape index (κ2) is 5.29. The summed E-state index contributed by atoms with van der Waals surface area (Å²) in [5.41, 5.74) is 1.20. The van der Waals surface area contributed by atoms with Gasteiger partial charge in [-0.2, -0.15) is 0 Å². The van der Waals surface area contributed by atoms with Gasteiger partial charge in [0, 0.05) is 31.2 Å². The number of hydrogen-bond acceptors (Lipinski definition) is 4. The molecule has 1 saturated heterocycles. The number of rotatable bonds is 3. The molecule has 0 amide bonds. The minimum Gasteiger partial charge on any atom is -0.497 e. The molecular weight excluding hydrogens is 240 g/mol. The molecule has 3 rings (SSSR count). The predicted octanol–water partition coefficient (Wildman–Crippen LogP) is 2.03. The van der Waals surface area contributed by atoms with Crippen molar-refractivity contribution in [3.63, 3.8) is 0 Å². The summed E-state index contributed by atoms with van der Waals surface area (Å²) in [6, 6.07) is 7.36. The highest BCUT2D eigenvalue weighted by atomic mass is 16.5. The van der Waals surface area contributed by atoms with E-state index >= 15 is 0 Å². The first-order chi connectivity index (χ1) is 9.33. The molecule has 2 aliphatic rings. The van der Waals surface area contributed by atoms with Crippen molar-refractivity contribution in [3.8, 4) is 11.5 Å². The van der Waals surface area contributed by atoms with Crippen molar-refractivity contribution in [3.05, 3.63) is 18.2 Å². The van der Waals surface area contributed by atoms with Crippen LogP contribution in [-0.4, -0.2) is 39.4 Å². The molecule has 104 valence electrons. The molecule has 1 saturated carbocycles. The summed E-state index contributed by atoms with van der Waals surface area (Å²) in [5, 5.41) is 3.63. The Hall–Kier alpha value is -1.42. The minimum absolute atomic E-state index is 0.607. The van der Waals surface area contributed by atoms with Crippen LogP contribution >= 0.6 is 0 Å². The van der Waals surface area contributed by atoms with E-state index in [1.54, 1.807) is 14.2 Å². The Labute approximate surface area is 114 Å². The van der Waals surface area contributed by atoms with E-state index in [-0.39, 0.29) is 0 Å². The van der Waals surface area contributed by atoms with Crippen LogP contribution < -0.4 is 19.7 Å². The number of ether oxygens (including phenoxy) is 2. The van der Waals surface area contributed by atoms with Crippen molar-refractivity contribution >= 4 is 5.69 Å². The Morgan fingerprint density at radius 2 is 2.11 bits per heavy atom. The number of piperazine rings is 1. The van der Waals surface area contributed by atoms with Crippen LogP contribution in [0.2, 0.25) is 0 Å². The third-order valence-electron chi connectivity index (χ3n) is 4.34. The van der Waals surface area contributed by atoms with Crippen LogP contribution in [0.1, 0.15) is 19.3 Å². The maximum Gasteiger partial charge on any atom is 0.145 e. The molecule has 4 heteroatoms. The van der Waals surface area contributed by atoms with Crippen LogP contribution in [0.3, 0.4) is 0 Å². The van der Waals surface area contributed by atoms with Crippen LogP contribution in [0.5, 0.6) is 11.5 Å². The van der Waals surface area contributed by atoms with Crippen LogP contribution in [0.15, 0.2) is 18.2 Å². The topological polar surface area (TPSA) is 33.7 Å². The molecule has 0 unspecified atom stereocenters. The summed E-state index contributed by atoms with van der Waals surface area (Å²) in [4.78, 5) is 2.51. The molecule has 1 heterocycles. The van der Waals surface area contributed by atoms with Gasteiger partial charge < -0.3 is 19.7 Å². The molecule has 1 N–H and O–H groups in total. The lowest BCUT2D eigenvalue weighted by Crippen LogP contribution is -2.55. The normalized spacial score (nSPS) is 26.1. The number of methoxy groups -OCH3 is 2. The van der Waals surface area contributed by atoms with Crippen LogP contribution in [0, 0.1) is 0 Å². The van der Waals surface area contributed by atoms with Gasteiger partial charge in [-0.25, -0.2) is 0 Å². The summed E-state index contributed by atoms with van der Waals surface area (Å²) in [6.07, 6.45) is 3.88. The van der Waals surface area contributed by atoms with Gasteiger partial charge in [0.1, 0.15) is 11.5 Å². The second-order valence-corrected chi connectivity index (χ2v) is 5.29. The fraction of sp³-hybridized carbons (Fsp3) is 0.600. The van der Waals surface area contributed by atoms with Crippen molar-refractivity contribution in [2.24, 2.45) is 0 Å². The maximum absolute atomic E-state index is 5.55. The molecule has 1 aliphatic carbocycles. The van der Waals surface area contributed by atoms with Crippen molar-refractivity contribution in [1.82, 2.24) is 5.32 Å². The number of fused-ring (bicyclic) bond motifs is 1. The van der Waals surface area contributed by atoms with E-state index in [2.05, 4.69) is 16.3 Å². The van der Waals surface area contributed by atoms with Gasteiger partial charge >= 0.3 is 0 Å². The number of hydrogen-bond donors (Lipinski definition) is 1. The Bertz CT molecular complexity index is 450. The summed E-state index contributed by atoms with van der Waals surface area (Å²) >= 11 is 0. The van der Waals surface area contributed by atoms with Crippen molar-refractivity contribution in [2.75, 3.05) is 32.2 Å². The lowest BCUT2D eigenvalue weighted by molar-refractivity contribution is 0.380. The number of benzene rings is 1. The van der Waals surface area contributed by atoms with E-state index in [1.807, 2.05) is 12.1 Å². The molecule has 1 aromatic carbocycles. The van der Waals surface area contributed by atoms with Gasteiger partial charge in [-0.05, 0) is 31.4 Å². The number of anilines is 1. The first kappa shape index (κ1) is 12.6. The maximum atomic E-state index is 5.55. The van der Waals surface area contributed by atoms with Crippen LogP contribution in [-0.2, 0) is 0 Å². The average molecular weight is 262 g/mol. The SMILES string of the molecule is COc1ccc(N2CCN[C@H]3CCC[C@H]32)c(OC)c1. The summed E-state index contributed by atoms with van der Waals surface area (Å²) in [7, 11) is 3.42. The van der Waals surface area contributed by atoms with Gasteiger partial charge in [0.25, 0.3) is 0 Å². The Kier molecular flexibility index (Phi) is 3.51. The Morgan fingerprint density at radius 1 is 1.21 bits per heavy atom. The van der Waals surface area contributed by atoms with Gasteiger partial charge in [-0.3, -0.25) is 0 Å². The van der Waals surface area contributed by atoms with Gasteiger partial charge in [-0.15, -0.1) is 0 Å². The highest BCUT2D eigenvalue weighted by Gasteiger charge is 2.35. The molecule has 0 radical (unpaired) electrons. The molecule has 1 aliphatic heterocycles. The smallest absolute Gasteiger partial charge is 0.145 e. The van der Waals surface area contributed by atoms with E-state index in [0.717, 1.165) is 24.6 Å². The van der Waals surface area contributed by atoms with Gasteiger partial charge in [0.05, 0.1) is 19.9 Å². The van der Waals surface area contributed by atoms with E-state index in [4.69, 9.17) is 9.47 Å². The molecule has 0 spiro atoms. The molecule has 0 bridgehead atoms. The standard InChI is InChI=1S/C15H22N2O2/c1-18-11-6-7-14(15(10-11)19-2)17-9-8-16-12-4-3-5-13(12)17/h6-7,10,12-13,16H,3-5,8-9H2,1-2H3/t12-,13+/m0/s1. The zero-order valence-electron chi connectivity index (χ0n) is 11.7. The highest BCUT2D eigenvalue weighted by molar-refractivity contribution is 5.62.